The summed E-state index contributed by atoms with van der Waals surface area (Å²) in [6.07, 6.45) is 4.58. The number of rotatable bonds is 6. The Morgan fingerprint density at radius 3 is 2.39 bits per heavy atom. The number of anilines is 2. The molecule has 0 saturated carbocycles. The van der Waals surface area contributed by atoms with Crippen LogP contribution >= 0.6 is 0 Å². The summed E-state index contributed by atoms with van der Waals surface area (Å²) in [5, 5.41) is 8.82. The van der Waals surface area contributed by atoms with Gasteiger partial charge in [0, 0.05) is 11.4 Å². The molecule has 2 aromatic rings. The molecular formula is C23H29N3O2. The summed E-state index contributed by atoms with van der Waals surface area (Å²) in [6.45, 7) is 6.09. The molecule has 3 rings (SSSR count). The molecule has 28 heavy (non-hydrogen) atoms. The van der Waals surface area contributed by atoms with Crippen molar-refractivity contribution in [3.8, 4) is 0 Å². The van der Waals surface area contributed by atoms with Crippen molar-refractivity contribution in [2.75, 3.05) is 23.7 Å². The number of carbonyl (C=O) groups excluding carboxylic acids is 2. The molecule has 148 valence electrons. The first kappa shape index (κ1) is 19.9. The predicted octanol–water partition coefficient (Wildman–Crippen LogP) is 3.66. The highest BCUT2D eigenvalue weighted by Crippen LogP contribution is 2.27. The maximum absolute atomic E-state index is 12.2. The number of fused-ring (bicyclic) bond motifs is 1. The van der Waals surface area contributed by atoms with Crippen molar-refractivity contribution in [2.24, 2.45) is 0 Å². The van der Waals surface area contributed by atoms with Crippen LogP contribution in [0.3, 0.4) is 0 Å². The molecule has 3 N–H and O–H groups in total. The molecule has 5 heteroatoms. The minimum atomic E-state index is -0.222. The van der Waals surface area contributed by atoms with E-state index in [0.29, 0.717) is 0 Å². The molecule has 0 spiro atoms. The Morgan fingerprint density at radius 1 is 0.929 bits per heavy atom. The van der Waals surface area contributed by atoms with E-state index in [9.17, 15) is 9.59 Å². The number of nitrogens with one attached hydrogen (secondary N) is 3. The van der Waals surface area contributed by atoms with Crippen LogP contribution in [0, 0.1) is 20.8 Å². The first-order valence-corrected chi connectivity index (χ1v) is 9.93. The third kappa shape index (κ3) is 4.91. The molecule has 0 fully saturated rings. The minimum absolute atomic E-state index is 0.0415. The van der Waals surface area contributed by atoms with Crippen LogP contribution in [-0.2, 0) is 22.4 Å². The fourth-order valence-electron chi connectivity index (χ4n) is 3.92. The third-order valence-corrected chi connectivity index (χ3v) is 5.22. The van der Waals surface area contributed by atoms with Crippen LogP contribution in [-0.4, -0.2) is 24.9 Å². The van der Waals surface area contributed by atoms with Gasteiger partial charge in [0.1, 0.15) is 0 Å². The number of aryl methyl sites for hydroxylation is 4. The summed E-state index contributed by atoms with van der Waals surface area (Å²) >= 11 is 0. The molecule has 1 aliphatic rings. The minimum Gasteiger partial charge on any atom is -0.376 e. The molecule has 0 heterocycles. The largest absolute Gasteiger partial charge is 0.376 e. The Kier molecular flexibility index (Phi) is 6.34. The van der Waals surface area contributed by atoms with Crippen LogP contribution in [0.5, 0.6) is 0 Å². The van der Waals surface area contributed by atoms with E-state index in [0.717, 1.165) is 40.9 Å². The maximum Gasteiger partial charge on any atom is 0.243 e. The highest BCUT2D eigenvalue weighted by molar-refractivity contribution is 5.96. The zero-order valence-corrected chi connectivity index (χ0v) is 16.9. The van der Waals surface area contributed by atoms with Crippen molar-refractivity contribution in [3.63, 3.8) is 0 Å². The van der Waals surface area contributed by atoms with Gasteiger partial charge in [-0.05, 0) is 74.8 Å². The van der Waals surface area contributed by atoms with Gasteiger partial charge in [0.05, 0.1) is 13.1 Å². The summed E-state index contributed by atoms with van der Waals surface area (Å²) < 4.78 is 0. The van der Waals surface area contributed by atoms with Gasteiger partial charge in [-0.15, -0.1) is 0 Å². The molecule has 0 atom stereocenters. The second-order valence-corrected chi connectivity index (χ2v) is 7.60. The smallest absolute Gasteiger partial charge is 0.243 e. The average molecular weight is 380 g/mol. The number of amides is 2. The monoisotopic (exact) mass is 379 g/mol. The lowest BCUT2D eigenvalue weighted by atomic mass is 9.90. The van der Waals surface area contributed by atoms with Gasteiger partial charge >= 0.3 is 0 Å². The van der Waals surface area contributed by atoms with Gasteiger partial charge in [-0.3, -0.25) is 9.59 Å². The number of hydrogen-bond acceptors (Lipinski definition) is 3. The normalized spacial score (nSPS) is 12.8. The Labute approximate surface area is 166 Å². The van der Waals surface area contributed by atoms with Crippen molar-refractivity contribution in [2.45, 2.75) is 46.5 Å². The maximum atomic E-state index is 12.2. The Morgan fingerprint density at radius 2 is 1.64 bits per heavy atom. The summed E-state index contributed by atoms with van der Waals surface area (Å²) in [5.41, 5.74) is 7.75. The van der Waals surface area contributed by atoms with Crippen LogP contribution < -0.4 is 16.0 Å². The molecule has 0 aromatic heterocycles. The van der Waals surface area contributed by atoms with Crippen molar-refractivity contribution in [1.29, 1.82) is 0 Å². The predicted molar refractivity (Wildman–Crippen MR) is 114 cm³/mol. The van der Waals surface area contributed by atoms with E-state index in [2.05, 4.69) is 22.0 Å². The van der Waals surface area contributed by atoms with E-state index in [1.807, 2.05) is 45.0 Å². The molecule has 0 unspecified atom stereocenters. The summed E-state index contributed by atoms with van der Waals surface area (Å²) in [6, 6.07) is 10.3. The van der Waals surface area contributed by atoms with Crippen molar-refractivity contribution in [3.05, 3.63) is 58.1 Å². The molecular weight excluding hydrogens is 350 g/mol. The van der Waals surface area contributed by atoms with Gasteiger partial charge in [-0.2, -0.15) is 0 Å². The highest BCUT2D eigenvalue weighted by atomic mass is 16.2. The average Bonchev–Trinajstić information content (AvgIpc) is 2.67. The van der Waals surface area contributed by atoms with Gasteiger partial charge in [0.25, 0.3) is 0 Å². The second-order valence-electron chi connectivity index (χ2n) is 7.60. The third-order valence-electron chi connectivity index (χ3n) is 5.22. The number of benzene rings is 2. The van der Waals surface area contributed by atoms with Gasteiger partial charge in [0.15, 0.2) is 0 Å². The van der Waals surface area contributed by atoms with Crippen LogP contribution in [0.15, 0.2) is 30.3 Å². The number of hydrogen-bond donors (Lipinski definition) is 3. The molecule has 2 amide bonds. The molecule has 0 bridgehead atoms. The van der Waals surface area contributed by atoms with Crippen LogP contribution in [0.25, 0.3) is 0 Å². The molecule has 1 aliphatic carbocycles. The fourth-order valence-corrected chi connectivity index (χ4v) is 3.92. The zero-order valence-electron chi connectivity index (χ0n) is 16.9. The van der Waals surface area contributed by atoms with Crippen LogP contribution in [0.4, 0.5) is 11.4 Å². The van der Waals surface area contributed by atoms with E-state index in [1.54, 1.807) is 0 Å². The van der Waals surface area contributed by atoms with Crippen LogP contribution in [0.2, 0.25) is 0 Å². The van der Waals surface area contributed by atoms with E-state index in [1.165, 1.54) is 24.0 Å². The van der Waals surface area contributed by atoms with E-state index in [-0.39, 0.29) is 24.9 Å². The summed E-state index contributed by atoms with van der Waals surface area (Å²) in [7, 11) is 0. The summed E-state index contributed by atoms with van der Waals surface area (Å²) in [4.78, 5) is 24.4. The van der Waals surface area contributed by atoms with Crippen molar-refractivity contribution in [1.82, 2.24) is 5.32 Å². The summed E-state index contributed by atoms with van der Waals surface area (Å²) in [5.74, 6) is -0.415. The van der Waals surface area contributed by atoms with Gasteiger partial charge in [0.2, 0.25) is 11.8 Å². The Hall–Kier alpha value is -2.82. The van der Waals surface area contributed by atoms with Gasteiger partial charge < -0.3 is 16.0 Å². The van der Waals surface area contributed by atoms with E-state index in [4.69, 9.17) is 0 Å². The molecule has 0 radical (unpaired) electrons. The lowest BCUT2D eigenvalue weighted by molar-refractivity contribution is -0.122. The molecule has 2 aromatic carbocycles. The quantitative estimate of drug-likeness (QED) is 0.717. The lowest BCUT2D eigenvalue weighted by Crippen LogP contribution is -2.36. The van der Waals surface area contributed by atoms with Crippen LogP contribution in [0.1, 0.15) is 40.7 Å². The zero-order chi connectivity index (χ0) is 20.1. The second kappa shape index (κ2) is 8.91. The molecule has 0 saturated heterocycles. The fraction of sp³-hybridized carbons (Fsp3) is 0.391. The Balaban J connectivity index is 1.49. The topological polar surface area (TPSA) is 70.2 Å². The first-order valence-electron chi connectivity index (χ1n) is 9.93. The standard InChI is InChI=1S/C23H29N3O2/c1-15-11-16(2)23(17(3)12-15)26-22(28)14-25-21(27)13-24-20-10-6-8-18-7-4-5-9-19(18)20/h6,8,10-12,24H,4-5,7,9,13-14H2,1-3H3,(H,25,27)(H,26,28). The highest BCUT2D eigenvalue weighted by Gasteiger charge is 2.14. The van der Waals surface area contributed by atoms with E-state index >= 15 is 0 Å². The van der Waals surface area contributed by atoms with Crippen molar-refractivity contribution >= 4 is 23.2 Å². The molecule has 0 aliphatic heterocycles. The lowest BCUT2D eigenvalue weighted by Gasteiger charge is -2.20. The molecule has 5 nitrogen and oxygen atoms in total. The first-order chi connectivity index (χ1) is 13.4. The van der Waals surface area contributed by atoms with Crippen molar-refractivity contribution < 1.29 is 9.59 Å². The van der Waals surface area contributed by atoms with Gasteiger partial charge in [-0.1, -0.05) is 29.8 Å². The van der Waals surface area contributed by atoms with Gasteiger partial charge in [-0.25, -0.2) is 0 Å². The van der Waals surface area contributed by atoms with E-state index < -0.39 is 0 Å². The number of carbonyl (C=O) groups is 2. The SMILES string of the molecule is Cc1cc(C)c(NC(=O)CNC(=O)CNc2cccc3c2CCCC3)c(C)c1. The Bertz CT molecular complexity index is 866.